The van der Waals surface area contributed by atoms with Gasteiger partial charge in [-0.15, -0.1) is 22.9 Å². The van der Waals surface area contributed by atoms with Crippen LogP contribution in [-0.4, -0.2) is 4.98 Å². The molecule has 0 aliphatic heterocycles. The van der Waals surface area contributed by atoms with Crippen LogP contribution in [0.15, 0.2) is 23.6 Å². The molecule has 0 aliphatic carbocycles. The van der Waals surface area contributed by atoms with Gasteiger partial charge < -0.3 is 4.74 Å². The Bertz CT molecular complexity index is 580. The SMILES string of the molecule is Cc1cc(OC(C)c2nc(CCl)cs2)ccc1C(C)C. The van der Waals surface area contributed by atoms with E-state index in [0.29, 0.717) is 11.8 Å². The van der Waals surface area contributed by atoms with Crippen molar-refractivity contribution in [3.8, 4) is 5.75 Å². The van der Waals surface area contributed by atoms with Crippen LogP contribution in [0.4, 0.5) is 0 Å². The number of hydrogen-bond acceptors (Lipinski definition) is 3. The molecule has 4 heteroatoms. The van der Waals surface area contributed by atoms with Crippen molar-refractivity contribution in [2.45, 2.75) is 45.6 Å². The Balaban J connectivity index is 2.11. The van der Waals surface area contributed by atoms with Gasteiger partial charge in [0.1, 0.15) is 16.9 Å². The number of thiazole rings is 1. The van der Waals surface area contributed by atoms with Crippen molar-refractivity contribution in [2.75, 3.05) is 0 Å². The van der Waals surface area contributed by atoms with Crippen molar-refractivity contribution >= 4 is 22.9 Å². The molecule has 2 aromatic rings. The highest BCUT2D eigenvalue weighted by atomic mass is 35.5. The lowest BCUT2D eigenvalue weighted by Gasteiger charge is -2.15. The summed E-state index contributed by atoms with van der Waals surface area (Å²) in [6.45, 7) is 8.55. The largest absolute Gasteiger partial charge is 0.484 e. The number of benzene rings is 1. The fraction of sp³-hybridized carbons (Fsp3) is 0.438. The Hall–Kier alpha value is -1.06. The minimum absolute atomic E-state index is 0.0544. The normalized spacial score (nSPS) is 12.7. The zero-order chi connectivity index (χ0) is 14.7. The van der Waals surface area contributed by atoms with Gasteiger partial charge in [-0.1, -0.05) is 19.9 Å². The minimum atomic E-state index is -0.0544. The molecule has 0 bridgehead atoms. The molecule has 20 heavy (non-hydrogen) atoms. The third-order valence-electron chi connectivity index (χ3n) is 3.23. The van der Waals surface area contributed by atoms with Crippen LogP contribution in [0.25, 0.3) is 0 Å². The molecule has 108 valence electrons. The van der Waals surface area contributed by atoms with Crippen molar-refractivity contribution in [3.63, 3.8) is 0 Å². The quantitative estimate of drug-likeness (QED) is 0.685. The predicted octanol–water partition coefficient (Wildman–Crippen LogP) is 5.45. The first-order valence-electron chi connectivity index (χ1n) is 6.78. The van der Waals surface area contributed by atoms with Gasteiger partial charge in [0.05, 0.1) is 11.6 Å². The van der Waals surface area contributed by atoms with Gasteiger partial charge >= 0.3 is 0 Å². The molecule has 0 aliphatic rings. The highest BCUT2D eigenvalue weighted by Crippen LogP contribution is 2.28. The molecule has 1 atom stereocenters. The Morgan fingerprint density at radius 3 is 2.60 bits per heavy atom. The molecule has 0 fully saturated rings. The molecule has 0 amide bonds. The monoisotopic (exact) mass is 309 g/mol. The first-order chi connectivity index (χ1) is 9.51. The number of nitrogens with zero attached hydrogens (tertiary/aromatic N) is 1. The Labute approximate surface area is 129 Å². The second-order valence-corrected chi connectivity index (χ2v) is 6.40. The number of ether oxygens (including phenoxy) is 1. The fourth-order valence-electron chi connectivity index (χ4n) is 2.19. The second-order valence-electron chi connectivity index (χ2n) is 5.24. The van der Waals surface area contributed by atoms with Crippen LogP contribution in [0.3, 0.4) is 0 Å². The topological polar surface area (TPSA) is 22.1 Å². The molecular formula is C16H20ClNOS. The number of alkyl halides is 1. The lowest BCUT2D eigenvalue weighted by atomic mass is 9.98. The van der Waals surface area contributed by atoms with Crippen molar-refractivity contribution in [3.05, 3.63) is 45.4 Å². The average Bonchev–Trinajstić information content (AvgIpc) is 2.87. The number of aromatic nitrogens is 1. The molecule has 0 radical (unpaired) electrons. The van der Waals surface area contributed by atoms with Crippen LogP contribution >= 0.6 is 22.9 Å². The summed E-state index contributed by atoms with van der Waals surface area (Å²) in [5.74, 6) is 1.87. The summed E-state index contributed by atoms with van der Waals surface area (Å²) < 4.78 is 5.98. The third-order valence-corrected chi connectivity index (χ3v) is 4.56. The highest BCUT2D eigenvalue weighted by molar-refractivity contribution is 7.09. The van der Waals surface area contributed by atoms with E-state index in [1.54, 1.807) is 11.3 Å². The highest BCUT2D eigenvalue weighted by Gasteiger charge is 2.13. The second kappa shape index (κ2) is 6.59. The van der Waals surface area contributed by atoms with Crippen LogP contribution in [0, 0.1) is 6.92 Å². The van der Waals surface area contributed by atoms with Gasteiger partial charge in [-0.05, 0) is 43.0 Å². The van der Waals surface area contributed by atoms with Crippen molar-refractivity contribution in [2.24, 2.45) is 0 Å². The van der Waals surface area contributed by atoms with E-state index in [2.05, 4.69) is 37.9 Å². The van der Waals surface area contributed by atoms with E-state index in [-0.39, 0.29) is 6.10 Å². The van der Waals surface area contributed by atoms with Crippen LogP contribution in [0.5, 0.6) is 5.75 Å². The zero-order valence-corrected chi connectivity index (χ0v) is 13.9. The Kier molecular flexibility index (Phi) is 5.06. The van der Waals surface area contributed by atoms with Gasteiger partial charge in [-0.2, -0.15) is 0 Å². The molecule has 2 nitrogen and oxygen atoms in total. The van der Waals surface area contributed by atoms with Gasteiger partial charge in [0.15, 0.2) is 0 Å². The average molecular weight is 310 g/mol. The molecule has 2 rings (SSSR count). The van der Waals surface area contributed by atoms with Crippen molar-refractivity contribution < 1.29 is 4.74 Å². The standard InChI is InChI=1S/C16H20ClNOS/c1-10(2)15-6-5-14(7-11(15)3)19-12(4)16-18-13(8-17)9-20-16/h5-7,9-10,12H,8H2,1-4H3. The maximum absolute atomic E-state index is 5.98. The van der Waals surface area contributed by atoms with Gasteiger partial charge in [0.2, 0.25) is 0 Å². The van der Waals surface area contributed by atoms with Crippen LogP contribution in [0.2, 0.25) is 0 Å². The number of hydrogen-bond donors (Lipinski definition) is 0. The van der Waals surface area contributed by atoms with E-state index in [4.69, 9.17) is 16.3 Å². The van der Waals surface area contributed by atoms with E-state index in [9.17, 15) is 0 Å². The molecule has 0 spiro atoms. The smallest absolute Gasteiger partial charge is 0.147 e. The summed E-state index contributed by atoms with van der Waals surface area (Å²) in [5, 5.41) is 2.95. The summed E-state index contributed by atoms with van der Waals surface area (Å²) >= 11 is 7.37. The minimum Gasteiger partial charge on any atom is -0.484 e. The molecule has 0 saturated heterocycles. The summed E-state index contributed by atoms with van der Waals surface area (Å²) in [6, 6.07) is 6.28. The molecule has 1 aromatic carbocycles. The van der Waals surface area contributed by atoms with E-state index in [0.717, 1.165) is 16.5 Å². The molecule has 1 aromatic heterocycles. The Morgan fingerprint density at radius 1 is 1.30 bits per heavy atom. The number of halogens is 1. The molecule has 0 saturated carbocycles. The molecule has 1 unspecified atom stereocenters. The predicted molar refractivity (Wildman–Crippen MR) is 86.0 cm³/mol. The lowest BCUT2D eigenvalue weighted by molar-refractivity contribution is 0.226. The molecular weight excluding hydrogens is 290 g/mol. The summed E-state index contributed by atoms with van der Waals surface area (Å²) in [7, 11) is 0. The van der Waals surface area contributed by atoms with Crippen molar-refractivity contribution in [1.82, 2.24) is 4.98 Å². The van der Waals surface area contributed by atoms with Gasteiger partial charge in [-0.3, -0.25) is 0 Å². The van der Waals surface area contributed by atoms with Crippen LogP contribution in [-0.2, 0) is 5.88 Å². The van der Waals surface area contributed by atoms with Gasteiger partial charge in [0, 0.05) is 5.38 Å². The third kappa shape index (κ3) is 3.53. The summed E-state index contributed by atoms with van der Waals surface area (Å²) in [6.07, 6.45) is -0.0544. The lowest BCUT2D eigenvalue weighted by Crippen LogP contribution is -2.03. The first-order valence-corrected chi connectivity index (χ1v) is 8.20. The van der Waals surface area contributed by atoms with E-state index < -0.39 is 0 Å². The van der Waals surface area contributed by atoms with Crippen LogP contribution < -0.4 is 4.74 Å². The number of rotatable bonds is 5. The van der Waals surface area contributed by atoms with Crippen LogP contribution in [0.1, 0.15) is 54.6 Å². The maximum atomic E-state index is 5.98. The fourth-order valence-corrected chi connectivity index (χ4v) is 3.23. The Morgan fingerprint density at radius 2 is 2.05 bits per heavy atom. The molecule has 1 heterocycles. The van der Waals surface area contributed by atoms with E-state index in [1.807, 2.05) is 18.4 Å². The van der Waals surface area contributed by atoms with E-state index >= 15 is 0 Å². The maximum Gasteiger partial charge on any atom is 0.147 e. The molecule has 0 N–H and O–H groups in total. The summed E-state index contributed by atoms with van der Waals surface area (Å²) in [4.78, 5) is 4.45. The van der Waals surface area contributed by atoms with Gasteiger partial charge in [-0.25, -0.2) is 4.98 Å². The van der Waals surface area contributed by atoms with E-state index in [1.165, 1.54) is 11.1 Å². The zero-order valence-electron chi connectivity index (χ0n) is 12.3. The van der Waals surface area contributed by atoms with Gasteiger partial charge in [0.25, 0.3) is 0 Å². The first kappa shape index (κ1) is 15.3. The summed E-state index contributed by atoms with van der Waals surface area (Å²) in [5.41, 5.74) is 3.54. The van der Waals surface area contributed by atoms with Crippen molar-refractivity contribution in [1.29, 1.82) is 0 Å². The number of aryl methyl sites for hydroxylation is 1.